The molecule has 0 aromatic rings. The molecule has 0 aromatic carbocycles. The Labute approximate surface area is 58.1 Å². The van der Waals surface area contributed by atoms with Crippen molar-refractivity contribution in [2.45, 2.75) is 6.92 Å². The van der Waals surface area contributed by atoms with E-state index in [4.69, 9.17) is 6.42 Å². The van der Waals surface area contributed by atoms with Crippen LogP contribution in [0.3, 0.4) is 0 Å². The van der Waals surface area contributed by atoms with Crippen molar-refractivity contribution in [3.8, 4) is 12.3 Å². The van der Waals surface area contributed by atoms with Crippen molar-refractivity contribution < 1.29 is 0 Å². The zero-order chi connectivity index (χ0) is 5.70. The largest absolute Gasteiger partial charge is 0.115 e. The Kier molecular flexibility index (Phi) is 4.21. The van der Waals surface area contributed by atoms with Crippen molar-refractivity contribution in [2.24, 2.45) is 0 Å². The zero-order valence-electron chi connectivity index (χ0n) is 4.24. The summed E-state index contributed by atoms with van der Waals surface area (Å²) >= 11 is 2.27. The predicted molar refractivity (Wildman–Crippen MR) is 41.5 cm³/mol. The van der Waals surface area contributed by atoms with Gasteiger partial charge in [0.25, 0.3) is 0 Å². The molecule has 0 N–H and O–H groups in total. The Morgan fingerprint density at radius 3 is 2.71 bits per heavy atom. The lowest BCUT2D eigenvalue weighted by atomic mass is 10.3. The van der Waals surface area contributed by atoms with Gasteiger partial charge in [0.15, 0.2) is 0 Å². The molecule has 0 nitrogen and oxygen atoms in total. The van der Waals surface area contributed by atoms with E-state index >= 15 is 0 Å². The lowest BCUT2D eigenvalue weighted by Gasteiger charge is -1.83. The highest BCUT2D eigenvalue weighted by molar-refractivity contribution is 14.1. The van der Waals surface area contributed by atoms with Crippen molar-refractivity contribution in [2.75, 3.05) is 4.43 Å². The molecule has 0 aromatic heterocycles. The minimum atomic E-state index is 1.03. The van der Waals surface area contributed by atoms with Crippen LogP contribution in [0.1, 0.15) is 6.92 Å². The van der Waals surface area contributed by atoms with Crippen molar-refractivity contribution in [3.63, 3.8) is 0 Å². The summed E-state index contributed by atoms with van der Waals surface area (Å²) in [5, 5.41) is 0. The number of hydrogen-bond acceptors (Lipinski definition) is 0. The highest BCUT2D eigenvalue weighted by Gasteiger charge is 1.76. The summed E-state index contributed by atoms with van der Waals surface area (Å²) in [6.45, 7) is 2.02. The van der Waals surface area contributed by atoms with E-state index in [9.17, 15) is 0 Å². The van der Waals surface area contributed by atoms with Gasteiger partial charge < -0.3 is 0 Å². The van der Waals surface area contributed by atoms with E-state index in [-0.39, 0.29) is 0 Å². The van der Waals surface area contributed by atoms with Gasteiger partial charge in [0.2, 0.25) is 0 Å². The van der Waals surface area contributed by atoms with E-state index in [1.54, 1.807) is 6.08 Å². The molecule has 0 aliphatic rings. The number of halogens is 1. The van der Waals surface area contributed by atoms with Crippen LogP contribution < -0.4 is 0 Å². The first-order chi connectivity index (χ1) is 3.31. The molecule has 0 fully saturated rings. The van der Waals surface area contributed by atoms with Crippen LogP contribution in [-0.2, 0) is 0 Å². The Morgan fingerprint density at radius 2 is 2.57 bits per heavy atom. The second kappa shape index (κ2) is 4.20. The fourth-order valence-corrected chi connectivity index (χ4v) is 0.401. The first-order valence-corrected chi connectivity index (χ1v) is 3.51. The number of rotatable bonds is 1. The van der Waals surface area contributed by atoms with Gasteiger partial charge in [0, 0.05) is 4.43 Å². The molecule has 0 atom stereocenters. The molecule has 38 valence electrons. The van der Waals surface area contributed by atoms with Gasteiger partial charge in [-0.05, 0) is 13.0 Å². The number of terminal acetylenes is 1. The van der Waals surface area contributed by atoms with Crippen LogP contribution in [0, 0.1) is 12.3 Å². The third-order valence-corrected chi connectivity index (χ3v) is 1.74. The Morgan fingerprint density at radius 1 is 2.00 bits per heavy atom. The summed E-state index contributed by atoms with van der Waals surface area (Å²) < 4.78 is 1.03. The predicted octanol–water partition coefficient (Wildman–Crippen LogP) is 2.00. The van der Waals surface area contributed by atoms with E-state index in [1.165, 1.54) is 5.57 Å². The van der Waals surface area contributed by atoms with Crippen LogP contribution in [0.5, 0.6) is 0 Å². The molecule has 0 heterocycles. The first kappa shape index (κ1) is 7.03. The van der Waals surface area contributed by atoms with Gasteiger partial charge in [-0.1, -0.05) is 34.1 Å². The maximum absolute atomic E-state index is 4.98. The van der Waals surface area contributed by atoms with Crippen molar-refractivity contribution in [1.82, 2.24) is 0 Å². The number of allylic oxidation sites excluding steroid dienone is 2. The molecule has 0 bridgehead atoms. The van der Waals surface area contributed by atoms with Crippen LogP contribution in [0.25, 0.3) is 0 Å². The van der Waals surface area contributed by atoms with Crippen molar-refractivity contribution in [3.05, 3.63) is 11.6 Å². The van der Waals surface area contributed by atoms with Gasteiger partial charge in [0.05, 0.1) is 0 Å². The summed E-state index contributed by atoms with van der Waals surface area (Å²) in [5.41, 5.74) is 1.25. The molecular formula is C6H7I. The molecule has 0 amide bonds. The molecule has 0 saturated heterocycles. The molecule has 0 aliphatic carbocycles. The highest BCUT2D eigenvalue weighted by Crippen LogP contribution is 1.95. The van der Waals surface area contributed by atoms with E-state index < -0.39 is 0 Å². The Balaban J connectivity index is 3.56. The quantitative estimate of drug-likeness (QED) is 0.349. The fraction of sp³-hybridized carbons (Fsp3) is 0.333. The number of hydrogen-bond donors (Lipinski definition) is 0. The Hall–Kier alpha value is 0.0300. The lowest BCUT2D eigenvalue weighted by Crippen LogP contribution is -1.70. The molecule has 7 heavy (non-hydrogen) atoms. The summed E-state index contributed by atoms with van der Waals surface area (Å²) in [6, 6.07) is 0. The maximum Gasteiger partial charge on any atom is 0.0212 e. The summed E-state index contributed by atoms with van der Waals surface area (Å²) in [6.07, 6.45) is 6.76. The minimum absolute atomic E-state index is 1.03. The van der Waals surface area contributed by atoms with Gasteiger partial charge in [-0.25, -0.2) is 0 Å². The average Bonchev–Trinajstić information content (AvgIpc) is 1.68. The van der Waals surface area contributed by atoms with Crippen LogP contribution >= 0.6 is 22.6 Å². The molecule has 0 saturated carbocycles. The molecule has 1 heteroatoms. The lowest BCUT2D eigenvalue weighted by molar-refractivity contribution is 1.45. The normalized spacial score (nSPS) is 10.7. The smallest absolute Gasteiger partial charge is 0.0212 e. The van der Waals surface area contributed by atoms with Gasteiger partial charge in [-0.15, -0.1) is 6.42 Å². The van der Waals surface area contributed by atoms with Gasteiger partial charge in [-0.2, -0.15) is 0 Å². The molecule has 0 aliphatic heterocycles. The van der Waals surface area contributed by atoms with Crippen molar-refractivity contribution >= 4 is 22.6 Å². The second-order valence-corrected chi connectivity index (χ2v) is 2.05. The van der Waals surface area contributed by atoms with Crippen molar-refractivity contribution in [1.29, 1.82) is 0 Å². The highest BCUT2D eigenvalue weighted by atomic mass is 127. The third-order valence-electron chi connectivity index (χ3n) is 0.541. The SMILES string of the molecule is C#C/C=C(\C)CI. The van der Waals surface area contributed by atoms with Crippen LogP contribution in [0.15, 0.2) is 11.6 Å². The average molecular weight is 206 g/mol. The third kappa shape index (κ3) is 3.87. The molecule has 0 rings (SSSR count). The number of alkyl halides is 1. The summed E-state index contributed by atoms with van der Waals surface area (Å²) in [5.74, 6) is 2.45. The van der Waals surface area contributed by atoms with Crippen LogP contribution in [-0.4, -0.2) is 4.43 Å². The monoisotopic (exact) mass is 206 g/mol. The fourth-order valence-electron chi connectivity index (χ4n) is 0.181. The van der Waals surface area contributed by atoms with Gasteiger partial charge in [0.1, 0.15) is 0 Å². The first-order valence-electron chi connectivity index (χ1n) is 1.99. The van der Waals surface area contributed by atoms with E-state index in [2.05, 4.69) is 28.5 Å². The molecule has 0 radical (unpaired) electrons. The maximum atomic E-state index is 4.98. The standard InChI is InChI=1S/C6H7I/c1-3-4-6(2)5-7/h1,4H,5H2,2H3/b6-4+. The minimum Gasteiger partial charge on any atom is -0.115 e. The summed E-state index contributed by atoms with van der Waals surface area (Å²) in [7, 11) is 0. The molecular weight excluding hydrogens is 199 g/mol. The van der Waals surface area contributed by atoms with E-state index in [0.717, 1.165) is 4.43 Å². The second-order valence-electron chi connectivity index (χ2n) is 1.29. The van der Waals surface area contributed by atoms with Crippen LogP contribution in [0.2, 0.25) is 0 Å². The van der Waals surface area contributed by atoms with Gasteiger partial charge in [-0.3, -0.25) is 0 Å². The molecule has 0 unspecified atom stereocenters. The summed E-state index contributed by atoms with van der Waals surface area (Å²) in [4.78, 5) is 0. The Bertz CT molecular complexity index is 106. The zero-order valence-corrected chi connectivity index (χ0v) is 6.40. The van der Waals surface area contributed by atoms with E-state index in [0.29, 0.717) is 0 Å². The topological polar surface area (TPSA) is 0 Å². The van der Waals surface area contributed by atoms with Crippen LogP contribution in [0.4, 0.5) is 0 Å². The molecule has 0 spiro atoms. The van der Waals surface area contributed by atoms with E-state index in [1.807, 2.05) is 6.92 Å². The van der Waals surface area contributed by atoms with Gasteiger partial charge >= 0.3 is 0 Å².